The molecule has 1 saturated heterocycles. The lowest BCUT2D eigenvalue weighted by Crippen LogP contribution is -2.65. The fourth-order valence-electron chi connectivity index (χ4n) is 3.37. The summed E-state index contributed by atoms with van der Waals surface area (Å²) >= 11 is 0. The van der Waals surface area contributed by atoms with E-state index in [1.165, 1.54) is 11.3 Å². The van der Waals surface area contributed by atoms with Gasteiger partial charge in [0.25, 0.3) is 0 Å². The topological polar surface area (TPSA) is 32.5 Å². The molecule has 0 amide bonds. The summed E-state index contributed by atoms with van der Waals surface area (Å²) < 4.78 is 0. The first-order valence-electron chi connectivity index (χ1n) is 7.25. The van der Waals surface area contributed by atoms with Crippen LogP contribution in [0.2, 0.25) is 0 Å². The number of likely N-dealkylation sites (N-methyl/N-ethyl adjacent to an activating group) is 1. The van der Waals surface area contributed by atoms with Crippen LogP contribution in [0.25, 0.3) is 0 Å². The average Bonchev–Trinajstić information content (AvgIpc) is 2.37. The van der Waals surface area contributed by atoms with E-state index in [9.17, 15) is 0 Å². The van der Waals surface area contributed by atoms with Crippen molar-refractivity contribution in [3.8, 4) is 0 Å². The number of benzene rings is 1. The third-order valence-electron chi connectivity index (χ3n) is 4.09. The van der Waals surface area contributed by atoms with Gasteiger partial charge in [-0.05, 0) is 45.0 Å². The zero-order chi connectivity index (χ0) is 14.0. The number of anilines is 1. The molecule has 1 aromatic rings. The highest BCUT2D eigenvalue weighted by Gasteiger charge is 2.38. The molecule has 106 valence electrons. The van der Waals surface area contributed by atoms with Gasteiger partial charge in [-0.15, -0.1) is 0 Å². The maximum Gasteiger partial charge on any atom is 0.0545 e. The van der Waals surface area contributed by atoms with Gasteiger partial charge >= 0.3 is 0 Å². The third kappa shape index (κ3) is 2.93. The molecule has 2 rings (SSSR count). The molecule has 1 heterocycles. The Morgan fingerprint density at radius 2 is 1.89 bits per heavy atom. The van der Waals surface area contributed by atoms with E-state index in [-0.39, 0.29) is 5.54 Å². The van der Waals surface area contributed by atoms with Crippen molar-refractivity contribution in [2.45, 2.75) is 38.8 Å². The van der Waals surface area contributed by atoms with E-state index in [0.717, 1.165) is 19.5 Å². The number of piperazine rings is 1. The van der Waals surface area contributed by atoms with Crippen LogP contribution in [0.1, 0.15) is 26.3 Å². The first-order valence-corrected chi connectivity index (χ1v) is 7.25. The van der Waals surface area contributed by atoms with E-state index in [1.54, 1.807) is 0 Å². The van der Waals surface area contributed by atoms with Crippen molar-refractivity contribution in [1.82, 2.24) is 4.90 Å². The monoisotopic (exact) mass is 261 g/mol. The summed E-state index contributed by atoms with van der Waals surface area (Å²) in [5, 5.41) is 0. The molecule has 19 heavy (non-hydrogen) atoms. The molecule has 1 unspecified atom stereocenters. The van der Waals surface area contributed by atoms with Gasteiger partial charge in [0.2, 0.25) is 0 Å². The van der Waals surface area contributed by atoms with E-state index in [4.69, 9.17) is 5.73 Å². The second-order valence-corrected chi connectivity index (χ2v) is 6.29. The molecule has 1 fully saturated rings. The largest absolute Gasteiger partial charge is 0.360 e. The second-order valence-electron chi connectivity index (χ2n) is 6.29. The van der Waals surface area contributed by atoms with Crippen molar-refractivity contribution in [3.63, 3.8) is 0 Å². The van der Waals surface area contributed by atoms with Crippen molar-refractivity contribution < 1.29 is 0 Å². The predicted molar refractivity (Wildman–Crippen MR) is 82.7 cm³/mol. The van der Waals surface area contributed by atoms with Crippen molar-refractivity contribution in [2.75, 3.05) is 31.6 Å². The van der Waals surface area contributed by atoms with Crippen molar-refractivity contribution in [1.29, 1.82) is 0 Å². The molecule has 3 nitrogen and oxygen atoms in total. The van der Waals surface area contributed by atoms with Crippen molar-refractivity contribution in [3.05, 3.63) is 29.8 Å². The number of nitrogens with zero attached hydrogens (tertiary/aromatic N) is 2. The van der Waals surface area contributed by atoms with Gasteiger partial charge in [-0.3, -0.25) is 0 Å². The normalized spacial score (nSPS) is 23.6. The summed E-state index contributed by atoms with van der Waals surface area (Å²) in [6, 6.07) is 9.35. The molecule has 0 spiro atoms. The molecule has 2 N–H and O–H groups in total. The number of hydrogen-bond donors (Lipinski definition) is 1. The number of rotatable bonds is 3. The van der Waals surface area contributed by atoms with Crippen LogP contribution >= 0.6 is 0 Å². The zero-order valence-electron chi connectivity index (χ0n) is 12.7. The molecule has 1 aliphatic heterocycles. The predicted octanol–water partition coefficient (Wildman–Crippen LogP) is 2.11. The Kier molecular flexibility index (Phi) is 4.16. The van der Waals surface area contributed by atoms with E-state index in [0.29, 0.717) is 12.6 Å². The fraction of sp³-hybridized carbons (Fsp3) is 0.625. The molecule has 0 bridgehead atoms. The van der Waals surface area contributed by atoms with Gasteiger partial charge in [0.05, 0.1) is 6.04 Å². The molecular formula is C16H27N3. The Morgan fingerprint density at radius 1 is 1.26 bits per heavy atom. The standard InChI is InChI=1S/C16H27N3/c1-5-13-6-8-14(9-7-13)19-15(10-17)11-18(4)12-16(19,2)3/h6-9,15H,5,10-12,17H2,1-4H3. The molecule has 0 radical (unpaired) electrons. The van der Waals surface area contributed by atoms with Crippen molar-refractivity contribution in [2.24, 2.45) is 5.73 Å². The lowest BCUT2D eigenvalue weighted by atomic mass is 9.93. The highest BCUT2D eigenvalue weighted by atomic mass is 15.3. The Bertz CT molecular complexity index is 411. The molecule has 0 aliphatic carbocycles. The van der Waals surface area contributed by atoms with E-state index in [1.807, 2.05) is 0 Å². The Hall–Kier alpha value is -1.06. The van der Waals surface area contributed by atoms with Crippen LogP contribution in [-0.4, -0.2) is 43.2 Å². The Morgan fingerprint density at radius 3 is 2.42 bits per heavy atom. The van der Waals surface area contributed by atoms with E-state index < -0.39 is 0 Å². The average molecular weight is 261 g/mol. The van der Waals surface area contributed by atoms with Gasteiger partial charge in [0.1, 0.15) is 0 Å². The molecule has 0 aromatic heterocycles. The van der Waals surface area contributed by atoms with E-state index in [2.05, 4.69) is 61.9 Å². The van der Waals surface area contributed by atoms with Crippen molar-refractivity contribution >= 4 is 5.69 Å². The lowest BCUT2D eigenvalue weighted by Gasteiger charge is -2.52. The summed E-state index contributed by atoms with van der Waals surface area (Å²) in [4.78, 5) is 4.89. The minimum atomic E-state index is 0.116. The first-order chi connectivity index (χ1) is 8.97. The molecule has 1 atom stereocenters. The summed E-state index contributed by atoms with van der Waals surface area (Å²) in [6.07, 6.45) is 1.09. The second kappa shape index (κ2) is 5.51. The summed E-state index contributed by atoms with van der Waals surface area (Å²) in [5.74, 6) is 0. The maximum absolute atomic E-state index is 6.00. The van der Waals surface area contributed by atoms with Crippen LogP contribution in [0, 0.1) is 0 Å². The first kappa shape index (κ1) is 14.4. The highest BCUT2D eigenvalue weighted by molar-refractivity contribution is 5.52. The minimum Gasteiger partial charge on any atom is -0.360 e. The number of aryl methyl sites for hydroxylation is 1. The van der Waals surface area contributed by atoms with Crippen LogP contribution in [-0.2, 0) is 6.42 Å². The summed E-state index contributed by atoms with van der Waals surface area (Å²) in [6.45, 7) is 9.60. The van der Waals surface area contributed by atoms with E-state index >= 15 is 0 Å². The molecular weight excluding hydrogens is 234 g/mol. The van der Waals surface area contributed by atoms with Gasteiger partial charge in [0, 0.05) is 30.9 Å². The molecule has 1 aliphatic rings. The quantitative estimate of drug-likeness (QED) is 0.904. The summed E-state index contributed by atoms with van der Waals surface area (Å²) in [7, 11) is 2.18. The van der Waals surface area contributed by atoms with Crippen LogP contribution < -0.4 is 10.6 Å². The summed E-state index contributed by atoms with van der Waals surface area (Å²) in [5.41, 5.74) is 8.80. The lowest BCUT2D eigenvalue weighted by molar-refractivity contribution is 0.182. The van der Waals surface area contributed by atoms with Gasteiger partial charge < -0.3 is 15.5 Å². The number of hydrogen-bond acceptors (Lipinski definition) is 3. The SMILES string of the molecule is CCc1ccc(N2C(CN)CN(C)CC2(C)C)cc1. The minimum absolute atomic E-state index is 0.116. The molecule has 3 heteroatoms. The van der Waals surface area contributed by atoms with Gasteiger partial charge in [-0.2, -0.15) is 0 Å². The van der Waals surface area contributed by atoms with Crippen LogP contribution in [0.4, 0.5) is 5.69 Å². The highest BCUT2D eigenvalue weighted by Crippen LogP contribution is 2.31. The third-order valence-corrected chi connectivity index (χ3v) is 4.09. The van der Waals surface area contributed by atoms with Crippen LogP contribution in [0.3, 0.4) is 0 Å². The Balaban J connectivity index is 2.32. The van der Waals surface area contributed by atoms with Crippen LogP contribution in [0.15, 0.2) is 24.3 Å². The fourth-order valence-corrected chi connectivity index (χ4v) is 3.37. The smallest absolute Gasteiger partial charge is 0.0545 e. The van der Waals surface area contributed by atoms with Gasteiger partial charge in [-0.1, -0.05) is 19.1 Å². The Labute approximate surface area is 117 Å². The van der Waals surface area contributed by atoms with Gasteiger partial charge in [0.15, 0.2) is 0 Å². The van der Waals surface area contributed by atoms with Gasteiger partial charge in [-0.25, -0.2) is 0 Å². The maximum atomic E-state index is 6.00. The van der Waals surface area contributed by atoms with Crippen LogP contribution in [0.5, 0.6) is 0 Å². The molecule has 1 aromatic carbocycles. The molecule has 0 saturated carbocycles. The number of nitrogens with two attached hydrogens (primary N) is 1. The zero-order valence-corrected chi connectivity index (χ0v) is 12.7.